The molecule has 1 fully saturated rings. The zero-order valence-corrected chi connectivity index (χ0v) is 10.9. The average molecular weight is 249 g/mol. The van der Waals surface area contributed by atoms with Crippen LogP contribution < -0.4 is 4.90 Å². The molecule has 1 aromatic heterocycles. The Kier molecular flexibility index (Phi) is 3.79. The number of aryl methyl sites for hydroxylation is 1. The lowest BCUT2D eigenvalue weighted by molar-refractivity contribution is 0.0695. The molecule has 1 N–H and O–H groups in total. The molecular formula is C13H19N3O2. The minimum Gasteiger partial charge on any atom is -0.478 e. The Morgan fingerprint density at radius 1 is 1.44 bits per heavy atom. The molecule has 5 nitrogen and oxygen atoms in total. The Morgan fingerprint density at radius 2 is 2.22 bits per heavy atom. The SMILES string of the molecule is Cc1nc(N2CCCCCC2C)ncc1C(=O)O. The molecule has 2 heterocycles. The second-order valence-corrected chi connectivity index (χ2v) is 4.87. The van der Waals surface area contributed by atoms with Crippen LogP contribution in [0.15, 0.2) is 6.20 Å². The molecule has 0 bridgehead atoms. The van der Waals surface area contributed by atoms with Gasteiger partial charge in [0.15, 0.2) is 0 Å². The molecule has 1 atom stereocenters. The Hall–Kier alpha value is -1.65. The highest BCUT2D eigenvalue weighted by Crippen LogP contribution is 2.21. The van der Waals surface area contributed by atoms with Crippen LogP contribution in [0.25, 0.3) is 0 Å². The molecule has 0 aliphatic carbocycles. The fourth-order valence-corrected chi connectivity index (χ4v) is 2.38. The standard InChI is InChI=1S/C13H19N3O2/c1-9-6-4-3-5-7-16(9)13-14-8-11(12(17)18)10(2)15-13/h8-9H,3-7H2,1-2H3,(H,17,18). The van der Waals surface area contributed by atoms with Crippen LogP contribution in [0.4, 0.5) is 5.95 Å². The minimum atomic E-state index is -0.969. The molecular weight excluding hydrogens is 230 g/mol. The molecule has 0 aromatic carbocycles. The Morgan fingerprint density at radius 3 is 2.89 bits per heavy atom. The number of hydrogen-bond donors (Lipinski definition) is 1. The highest BCUT2D eigenvalue weighted by Gasteiger charge is 2.20. The first kappa shape index (κ1) is 12.8. The van der Waals surface area contributed by atoms with E-state index in [2.05, 4.69) is 21.8 Å². The lowest BCUT2D eigenvalue weighted by atomic mass is 10.1. The highest BCUT2D eigenvalue weighted by molar-refractivity contribution is 5.88. The quantitative estimate of drug-likeness (QED) is 0.870. The third-order valence-corrected chi connectivity index (χ3v) is 3.51. The van der Waals surface area contributed by atoms with Crippen molar-refractivity contribution in [2.75, 3.05) is 11.4 Å². The molecule has 0 radical (unpaired) electrons. The predicted molar refractivity (Wildman–Crippen MR) is 69.0 cm³/mol. The van der Waals surface area contributed by atoms with Crippen molar-refractivity contribution in [2.45, 2.75) is 45.6 Å². The van der Waals surface area contributed by atoms with Crippen molar-refractivity contribution in [1.82, 2.24) is 9.97 Å². The molecule has 5 heteroatoms. The van der Waals surface area contributed by atoms with Gasteiger partial charge < -0.3 is 10.0 Å². The predicted octanol–water partition coefficient (Wildman–Crippen LogP) is 2.25. The fraction of sp³-hybridized carbons (Fsp3) is 0.615. The number of anilines is 1. The first-order chi connectivity index (χ1) is 8.59. The first-order valence-electron chi connectivity index (χ1n) is 6.43. The maximum Gasteiger partial charge on any atom is 0.339 e. The van der Waals surface area contributed by atoms with Crippen LogP contribution in [-0.2, 0) is 0 Å². The van der Waals surface area contributed by atoms with Gasteiger partial charge >= 0.3 is 5.97 Å². The van der Waals surface area contributed by atoms with Crippen LogP contribution >= 0.6 is 0 Å². The highest BCUT2D eigenvalue weighted by atomic mass is 16.4. The summed E-state index contributed by atoms with van der Waals surface area (Å²) in [5, 5.41) is 8.97. The Labute approximate surface area is 107 Å². The van der Waals surface area contributed by atoms with E-state index in [1.165, 1.54) is 19.0 Å². The van der Waals surface area contributed by atoms with Gasteiger partial charge in [-0.3, -0.25) is 0 Å². The molecule has 98 valence electrons. The van der Waals surface area contributed by atoms with Crippen molar-refractivity contribution in [3.8, 4) is 0 Å². The molecule has 1 aliphatic heterocycles. The van der Waals surface area contributed by atoms with E-state index in [0.717, 1.165) is 19.4 Å². The molecule has 0 amide bonds. The Bertz CT molecular complexity index is 448. The van der Waals surface area contributed by atoms with Crippen LogP contribution in [0, 0.1) is 6.92 Å². The summed E-state index contributed by atoms with van der Waals surface area (Å²) < 4.78 is 0. The monoisotopic (exact) mass is 249 g/mol. The summed E-state index contributed by atoms with van der Waals surface area (Å²) in [6, 6.07) is 0.419. The third-order valence-electron chi connectivity index (χ3n) is 3.51. The van der Waals surface area contributed by atoms with Gasteiger partial charge in [0.2, 0.25) is 5.95 Å². The van der Waals surface area contributed by atoms with Crippen LogP contribution in [0.1, 0.15) is 48.7 Å². The van der Waals surface area contributed by atoms with E-state index in [-0.39, 0.29) is 5.56 Å². The van der Waals surface area contributed by atoms with Gasteiger partial charge in [-0.15, -0.1) is 0 Å². The lowest BCUT2D eigenvalue weighted by Gasteiger charge is -2.27. The fourth-order valence-electron chi connectivity index (χ4n) is 2.38. The van der Waals surface area contributed by atoms with Crippen molar-refractivity contribution in [2.24, 2.45) is 0 Å². The molecule has 1 unspecified atom stereocenters. The van der Waals surface area contributed by atoms with E-state index in [0.29, 0.717) is 17.7 Å². The molecule has 0 spiro atoms. The third kappa shape index (κ3) is 2.60. The lowest BCUT2D eigenvalue weighted by Crippen LogP contribution is -2.34. The molecule has 1 saturated heterocycles. The number of rotatable bonds is 2. The molecule has 2 rings (SSSR count). The number of nitrogens with zero attached hydrogens (tertiary/aromatic N) is 3. The Balaban J connectivity index is 2.27. The van der Waals surface area contributed by atoms with Crippen molar-refractivity contribution < 1.29 is 9.90 Å². The van der Waals surface area contributed by atoms with Crippen molar-refractivity contribution in [3.63, 3.8) is 0 Å². The number of aromatic carboxylic acids is 1. The zero-order valence-electron chi connectivity index (χ0n) is 10.9. The molecule has 0 saturated carbocycles. The first-order valence-corrected chi connectivity index (χ1v) is 6.43. The average Bonchev–Trinajstić information content (AvgIpc) is 2.53. The van der Waals surface area contributed by atoms with Gasteiger partial charge in [-0.2, -0.15) is 0 Å². The topological polar surface area (TPSA) is 66.3 Å². The van der Waals surface area contributed by atoms with Crippen LogP contribution in [-0.4, -0.2) is 33.6 Å². The summed E-state index contributed by atoms with van der Waals surface area (Å²) in [7, 11) is 0. The normalized spacial score (nSPS) is 20.6. The largest absolute Gasteiger partial charge is 0.478 e. The summed E-state index contributed by atoms with van der Waals surface area (Å²) in [4.78, 5) is 21.7. The number of carbonyl (C=O) groups is 1. The van der Waals surface area contributed by atoms with Gasteiger partial charge in [0, 0.05) is 18.8 Å². The van der Waals surface area contributed by atoms with Crippen molar-refractivity contribution in [3.05, 3.63) is 17.5 Å². The van der Waals surface area contributed by atoms with Crippen LogP contribution in [0.2, 0.25) is 0 Å². The van der Waals surface area contributed by atoms with Gasteiger partial charge in [0.25, 0.3) is 0 Å². The number of aromatic nitrogens is 2. The minimum absolute atomic E-state index is 0.182. The second-order valence-electron chi connectivity index (χ2n) is 4.87. The molecule has 1 aromatic rings. The van der Waals surface area contributed by atoms with Gasteiger partial charge in [0.1, 0.15) is 0 Å². The van der Waals surface area contributed by atoms with E-state index in [9.17, 15) is 4.79 Å². The van der Waals surface area contributed by atoms with Gasteiger partial charge in [-0.05, 0) is 26.7 Å². The van der Waals surface area contributed by atoms with Gasteiger partial charge in [-0.1, -0.05) is 12.8 Å². The zero-order chi connectivity index (χ0) is 13.1. The van der Waals surface area contributed by atoms with Crippen molar-refractivity contribution >= 4 is 11.9 Å². The summed E-state index contributed by atoms with van der Waals surface area (Å²) in [6.45, 7) is 4.85. The number of carboxylic acids is 1. The van der Waals surface area contributed by atoms with E-state index >= 15 is 0 Å². The number of carboxylic acid groups (broad SMARTS) is 1. The summed E-state index contributed by atoms with van der Waals surface area (Å²) in [6.07, 6.45) is 6.19. The van der Waals surface area contributed by atoms with E-state index in [4.69, 9.17) is 5.11 Å². The molecule has 1 aliphatic rings. The number of hydrogen-bond acceptors (Lipinski definition) is 4. The summed E-state index contributed by atoms with van der Waals surface area (Å²) >= 11 is 0. The maximum absolute atomic E-state index is 10.9. The van der Waals surface area contributed by atoms with Gasteiger partial charge in [-0.25, -0.2) is 14.8 Å². The second kappa shape index (κ2) is 5.33. The van der Waals surface area contributed by atoms with Crippen LogP contribution in [0.3, 0.4) is 0 Å². The summed E-state index contributed by atoms with van der Waals surface area (Å²) in [5.74, 6) is -0.310. The summed E-state index contributed by atoms with van der Waals surface area (Å²) in [5.41, 5.74) is 0.713. The van der Waals surface area contributed by atoms with Gasteiger partial charge in [0.05, 0.1) is 11.3 Å². The van der Waals surface area contributed by atoms with Crippen molar-refractivity contribution in [1.29, 1.82) is 0 Å². The maximum atomic E-state index is 10.9. The smallest absolute Gasteiger partial charge is 0.339 e. The van der Waals surface area contributed by atoms with E-state index < -0.39 is 5.97 Å². The van der Waals surface area contributed by atoms with E-state index in [1.807, 2.05) is 0 Å². The van der Waals surface area contributed by atoms with E-state index in [1.54, 1.807) is 6.92 Å². The van der Waals surface area contributed by atoms with Crippen LogP contribution in [0.5, 0.6) is 0 Å². The molecule has 18 heavy (non-hydrogen) atoms.